The fourth-order valence-electron chi connectivity index (χ4n) is 2.00. The maximum Gasteiger partial charge on any atom is 0.340 e. The number of rotatable bonds is 7. The first kappa shape index (κ1) is 17.5. The number of hydrogen-bond donors (Lipinski definition) is 1. The van der Waals surface area contributed by atoms with E-state index in [4.69, 9.17) is 4.74 Å². The molecule has 128 valence electrons. The Bertz CT molecular complexity index is 519. The molecule has 1 N–H and O–H groups in total. The van der Waals surface area contributed by atoms with E-state index in [0.29, 0.717) is 12.3 Å². The van der Waals surface area contributed by atoms with Crippen LogP contribution in [0.2, 0.25) is 0 Å². The number of aromatic nitrogens is 1. The lowest BCUT2D eigenvalue weighted by atomic mass is 10.2. The number of anilines is 1. The summed E-state index contributed by atoms with van der Waals surface area (Å²) in [6, 6.07) is 2.60. The minimum Gasteiger partial charge on any atom is -0.471 e. The Labute approximate surface area is 130 Å². The Balaban J connectivity index is 1.80. The molecule has 1 aromatic rings. The molecule has 0 aliphatic carbocycles. The van der Waals surface area contributed by atoms with Crippen LogP contribution in [0.5, 0.6) is 5.88 Å². The van der Waals surface area contributed by atoms with Gasteiger partial charge in [0.2, 0.25) is 11.8 Å². The second kappa shape index (κ2) is 7.58. The Hall–Kier alpha value is -1.90. The van der Waals surface area contributed by atoms with Crippen LogP contribution >= 0.6 is 0 Å². The van der Waals surface area contributed by atoms with Gasteiger partial charge in [0.25, 0.3) is 0 Å². The van der Waals surface area contributed by atoms with Crippen molar-refractivity contribution in [3.8, 4) is 5.88 Å². The SMILES string of the molecule is O=C(CC1CCCO1)Nc1ccc(OCC(F)(F)C(F)F)nc1. The van der Waals surface area contributed by atoms with Crippen molar-refractivity contribution in [3.05, 3.63) is 18.3 Å². The molecule has 0 radical (unpaired) electrons. The second-order valence-corrected chi connectivity index (χ2v) is 5.12. The molecular weight excluding hydrogens is 320 g/mol. The highest BCUT2D eigenvalue weighted by molar-refractivity contribution is 5.90. The van der Waals surface area contributed by atoms with Gasteiger partial charge >= 0.3 is 12.3 Å². The average molecular weight is 336 g/mol. The number of carbonyl (C=O) groups is 1. The van der Waals surface area contributed by atoms with E-state index in [1.807, 2.05) is 0 Å². The molecule has 0 aromatic carbocycles. The van der Waals surface area contributed by atoms with Gasteiger partial charge in [0.15, 0.2) is 6.61 Å². The lowest BCUT2D eigenvalue weighted by Gasteiger charge is -2.15. The van der Waals surface area contributed by atoms with Crippen molar-refractivity contribution in [1.82, 2.24) is 4.98 Å². The van der Waals surface area contributed by atoms with Crippen molar-refractivity contribution in [2.75, 3.05) is 18.5 Å². The number of hydrogen-bond acceptors (Lipinski definition) is 4. The van der Waals surface area contributed by atoms with Crippen LogP contribution < -0.4 is 10.1 Å². The van der Waals surface area contributed by atoms with E-state index >= 15 is 0 Å². The van der Waals surface area contributed by atoms with E-state index in [0.717, 1.165) is 12.8 Å². The summed E-state index contributed by atoms with van der Waals surface area (Å²) in [5.74, 6) is -4.73. The quantitative estimate of drug-likeness (QED) is 0.778. The van der Waals surface area contributed by atoms with Crippen molar-refractivity contribution in [2.45, 2.75) is 37.7 Å². The predicted octanol–water partition coefficient (Wildman–Crippen LogP) is 2.87. The minimum atomic E-state index is -4.24. The van der Waals surface area contributed by atoms with Gasteiger partial charge in [0, 0.05) is 12.7 Å². The summed E-state index contributed by atoms with van der Waals surface area (Å²) in [6.07, 6.45) is -0.728. The van der Waals surface area contributed by atoms with Crippen LogP contribution in [0, 0.1) is 0 Å². The Kier molecular flexibility index (Phi) is 5.75. The number of amides is 1. The molecule has 1 aromatic heterocycles. The van der Waals surface area contributed by atoms with Crippen LogP contribution in [0.3, 0.4) is 0 Å². The summed E-state index contributed by atoms with van der Waals surface area (Å²) >= 11 is 0. The molecule has 1 unspecified atom stereocenters. The molecular formula is C14H16F4N2O3. The number of carbonyl (C=O) groups excluding carboxylic acids is 1. The third-order valence-electron chi connectivity index (χ3n) is 3.19. The van der Waals surface area contributed by atoms with Crippen LogP contribution in [-0.2, 0) is 9.53 Å². The first-order chi connectivity index (χ1) is 10.9. The topological polar surface area (TPSA) is 60.5 Å². The highest BCUT2D eigenvalue weighted by atomic mass is 19.3. The number of pyridine rings is 1. The van der Waals surface area contributed by atoms with Gasteiger partial charge in [-0.15, -0.1) is 0 Å². The van der Waals surface area contributed by atoms with Crippen LogP contribution in [0.1, 0.15) is 19.3 Å². The molecule has 2 heterocycles. The molecule has 0 spiro atoms. The zero-order chi connectivity index (χ0) is 16.9. The Morgan fingerprint density at radius 3 is 2.83 bits per heavy atom. The highest BCUT2D eigenvalue weighted by Gasteiger charge is 2.41. The van der Waals surface area contributed by atoms with E-state index < -0.39 is 19.0 Å². The van der Waals surface area contributed by atoms with Gasteiger partial charge in [-0.3, -0.25) is 4.79 Å². The molecule has 1 atom stereocenters. The molecule has 23 heavy (non-hydrogen) atoms. The van der Waals surface area contributed by atoms with Crippen LogP contribution in [-0.4, -0.2) is 42.6 Å². The third kappa shape index (κ3) is 5.34. The minimum absolute atomic E-state index is 0.0952. The van der Waals surface area contributed by atoms with Crippen molar-refractivity contribution in [2.24, 2.45) is 0 Å². The van der Waals surface area contributed by atoms with Crippen molar-refractivity contribution < 1.29 is 31.8 Å². The molecule has 2 rings (SSSR count). The Morgan fingerprint density at radius 1 is 1.48 bits per heavy atom. The lowest BCUT2D eigenvalue weighted by Crippen LogP contribution is -2.33. The van der Waals surface area contributed by atoms with E-state index in [2.05, 4.69) is 15.0 Å². The average Bonchev–Trinajstić information content (AvgIpc) is 2.99. The molecule has 1 aliphatic heterocycles. The molecule has 0 bridgehead atoms. The monoisotopic (exact) mass is 336 g/mol. The van der Waals surface area contributed by atoms with Gasteiger partial charge < -0.3 is 14.8 Å². The molecule has 9 heteroatoms. The molecule has 1 aliphatic rings. The highest BCUT2D eigenvalue weighted by Crippen LogP contribution is 2.24. The molecule has 0 saturated carbocycles. The van der Waals surface area contributed by atoms with E-state index in [1.54, 1.807) is 0 Å². The summed E-state index contributed by atoms with van der Waals surface area (Å²) in [6.45, 7) is -0.822. The van der Waals surface area contributed by atoms with Crippen molar-refractivity contribution >= 4 is 11.6 Å². The molecule has 1 fully saturated rings. The van der Waals surface area contributed by atoms with Crippen molar-refractivity contribution in [3.63, 3.8) is 0 Å². The normalized spacial score (nSPS) is 18.2. The van der Waals surface area contributed by atoms with Crippen LogP contribution in [0.15, 0.2) is 18.3 Å². The molecule has 1 amide bonds. The van der Waals surface area contributed by atoms with E-state index in [9.17, 15) is 22.4 Å². The molecule has 5 nitrogen and oxygen atoms in total. The summed E-state index contributed by atoms with van der Waals surface area (Å²) < 4.78 is 59.2. The van der Waals surface area contributed by atoms with Gasteiger partial charge in [-0.25, -0.2) is 13.8 Å². The van der Waals surface area contributed by atoms with Gasteiger partial charge in [-0.1, -0.05) is 0 Å². The zero-order valence-corrected chi connectivity index (χ0v) is 12.1. The number of nitrogens with one attached hydrogen (secondary N) is 1. The predicted molar refractivity (Wildman–Crippen MR) is 72.9 cm³/mol. The van der Waals surface area contributed by atoms with Gasteiger partial charge in [0.1, 0.15) is 0 Å². The summed E-state index contributed by atoms with van der Waals surface area (Å²) in [5, 5.41) is 2.58. The lowest BCUT2D eigenvalue weighted by molar-refractivity contribution is -0.148. The fraction of sp³-hybridized carbons (Fsp3) is 0.571. The second-order valence-electron chi connectivity index (χ2n) is 5.12. The van der Waals surface area contributed by atoms with Crippen molar-refractivity contribution in [1.29, 1.82) is 0 Å². The number of nitrogens with zero attached hydrogens (tertiary/aromatic N) is 1. The van der Waals surface area contributed by atoms with E-state index in [1.165, 1.54) is 18.3 Å². The molecule has 1 saturated heterocycles. The summed E-state index contributed by atoms with van der Waals surface area (Å²) in [5.41, 5.74) is 0.348. The first-order valence-electron chi connectivity index (χ1n) is 7.03. The largest absolute Gasteiger partial charge is 0.471 e. The van der Waals surface area contributed by atoms with Gasteiger partial charge in [-0.05, 0) is 18.9 Å². The standard InChI is InChI=1S/C14H16F4N2O3/c15-13(16)14(17,18)8-23-12-4-3-9(7-19-12)20-11(21)6-10-2-1-5-22-10/h3-4,7,10,13H,1-2,5-6,8H2,(H,20,21). The van der Waals surface area contributed by atoms with Crippen LogP contribution in [0.4, 0.5) is 23.2 Å². The summed E-state index contributed by atoms with van der Waals surface area (Å²) in [7, 11) is 0. The smallest absolute Gasteiger partial charge is 0.340 e. The van der Waals surface area contributed by atoms with E-state index in [-0.39, 0.29) is 24.3 Å². The van der Waals surface area contributed by atoms with Gasteiger partial charge in [0.05, 0.1) is 24.4 Å². The van der Waals surface area contributed by atoms with Gasteiger partial charge in [-0.2, -0.15) is 8.78 Å². The van der Waals surface area contributed by atoms with Crippen LogP contribution in [0.25, 0.3) is 0 Å². The number of ether oxygens (including phenoxy) is 2. The Morgan fingerprint density at radius 2 is 2.26 bits per heavy atom. The first-order valence-corrected chi connectivity index (χ1v) is 7.03. The zero-order valence-electron chi connectivity index (χ0n) is 12.1. The maximum atomic E-state index is 12.7. The maximum absolute atomic E-state index is 12.7. The fourth-order valence-corrected chi connectivity index (χ4v) is 2.00. The number of halogens is 4. The number of alkyl halides is 4. The third-order valence-corrected chi connectivity index (χ3v) is 3.19. The summed E-state index contributed by atoms with van der Waals surface area (Å²) in [4.78, 5) is 15.4.